The van der Waals surface area contributed by atoms with E-state index >= 15 is 0 Å². The van der Waals surface area contributed by atoms with E-state index in [0.29, 0.717) is 0 Å². The molecule has 0 radical (unpaired) electrons. The maximum Gasteiger partial charge on any atom is 0.231 e. The van der Waals surface area contributed by atoms with Crippen LogP contribution in [0, 0.1) is 12.8 Å². The first-order chi connectivity index (χ1) is 11.6. The molecule has 2 atom stereocenters. The Balaban J connectivity index is 2.38. The molecule has 2 aromatic rings. The van der Waals surface area contributed by atoms with Gasteiger partial charge in [-0.25, -0.2) is 4.98 Å². The Morgan fingerprint density at radius 1 is 1.12 bits per heavy atom. The molecule has 1 heterocycles. The van der Waals surface area contributed by atoms with E-state index in [1.165, 1.54) is 0 Å². The molecule has 24 heavy (non-hydrogen) atoms. The normalized spacial score (nSPS) is 13.3. The van der Waals surface area contributed by atoms with Gasteiger partial charge in [-0.3, -0.25) is 9.69 Å². The largest absolute Gasteiger partial charge is 0.289 e. The van der Waals surface area contributed by atoms with Crippen LogP contribution in [0.3, 0.4) is 0 Å². The number of carbonyl (C=O) groups is 1. The van der Waals surface area contributed by atoms with E-state index in [4.69, 9.17) is 0 Å². The summed E-state index contributed by atoms with van der Waals surface area (Å²) in [5.74, 6) is 0.918. The van der Waals surface area contributed by atoms with Gasteiger partial charge in [-0.2, -0.15) is 0 Å². The number of pyridine rings is 1. The smallest absolute Gasteiger partial charge is 0.231 e. The highest BCUT2D eigenvalue weighted by Crippen LogP contribution is 2.30. The Morgan fingerprint density at radius 2 is 1.83 bits per heavy atom. The van der Waals surface area contributed by atoms with Crippen molar-refractivity contribution in [2.75, 3.05) is 4.90 Å². The zero-order valence-electron chi connectivity index (χ0n) is 15.2. The summed E-state index contributed by atoms with van der Waals surface area (Å²) >= 11 is 0. The Labute approximate surface area is 145 Å². The Kier molecular flexibility index (Phi) is 6.53. The van der Waals surface area contributed by atoms with Crippen LogP contribution in [0.5, 0.6) is 0 Å². The number of anilines is 1. The standard InChI is InChI=1S/C21H28N2O/c1-5-6-11-17(3)21(24)23(20-16(2)12-10-15-22-20)18(4)19-13-8-7-9-14-19/h7-10,12-15,17-18H,5-6,11H2,1-4H3. The summed E-state index contributed by atoms with van der Waals surface area (Å²) in [4.78, 5) is 19.6. The molecular formula is C21H28N2O. The third kappa shape index (κ3) is 4.22. The minimum absolute atomic E-state index is 0.00230. The predicted octanol–water partition coefficient (Wildman–Crippen LogP) is 5.31. The van der Waals surface area contributed by atoms with Crippen LogP contribution in [0.1, 0.15) is 57.2 Å². The molecule has 1 aromatic heterocycles. The lowest BCUT2D eigenvalue weighted by Crippen LogP contribution is -2.38. The number of benzene rings is 1. The van der Waals surface area contributed by atoms with Crippen molar-refractivity contribution in [3.8, 4) is 0 Å². The van der Waals surface area contributed by atoms with Crippen LogP contribution in [-0.4, -0.2) is 10.9 Å². The van der Waals surface area contributed by atoms with E-state index in [1.807, 2.05) is 49.1 Å². The number of unbranched alkanes of at least 4 members (excludes halogenated alkanes) is 1. The molecule has 0 saturated heterocycles. The first kappa shape index (κ1) is 18.2. The van der Waals surface area contributed by atoms with Crippen LogP contribution in [0.15, 0.2) is 48.7 Å². The van der Waals surface area contributed by atoms with E-state index in [-0.39, 0.29) is 17.9 Å². The van der Waals surface area contributed by atoms with Gasteiger partial charge in [0, 0.05) is 12.1 Å². The van der Waals surface area contributed by atoms with E-state index < -0.39 is 0 Å². The summed E-state index contributed by atoms with van der Waals surface area (Å²) in [5, 5.41) is 0. The van der Waals surface area contributed by atoms with Gasteiger partial charge < -0.3 is 0 Å². The van der Waals surface area contributed by atoms with Crippen molar-refractivity contribution in [2.24, 2.45) is 5.92 Å². The maximum absolute atomic E-state index is 13.2. The summed E-state index contributed by atoms with van der Waals surface area (Å²) in [7, 11) is 0. The highest BCUT2D eigenvalue weighted by atomic mass is 16.2. The van der Waals surface area contributed by atoms with E-state index in [0.717, 1.165) is 36.2 Å². The second-order valence-electron chi connectivity index (χ2n) is 6.48. The molecule has 0 N–H and O–H groups in total. The fourth-order valence-corrected chi connectivity index (χ4v) is 2.96. The zero-order valence-corrected chi connectivity index (χ0v) is 15.2. The third-order valence-electron chi connectivity index (χ3n) is 4.53. The van der Waals surface area contributed by atoms with Crippen LogP contribution >= 0.6 is 0 Å². The van der Waals surface area contributed by atoms with Crippen LogP contribution in [0.25, 0.3) is 0 Å². The van der Waals surface area contributed by atoms with Gasteiger partial charge in [-0.15, -0.1) is 0 Å². The van der Waals surface area contributed by atoms with Gasteiger partial charge in [0.15, 0.2) is 0 Å². The zero-order chi connectivity index (χ0) is 17.5. The number of amides is 1. The first-order valence-electron chi connectivity index (χ1n) is 8.85. The molecule has 3 nitrogen and oxygen atoms in total. The van der Waals surface area contributed by atoms with Gasteiger partial charge in [0.25, 0.3) is 0 Å². The van der Waals surface area contributed by atoms with Gasteiger partial charge in [0.05, 0.1) is 6.04 Å². The SMILES string of the molecule is CCCCC(C)C(=O)N(c1ncccc1C)C(C)c1ccccc1. The molecule has 0 aliphatic carbocycles. The Morgan fingerprint density at radius 3 is 2.46 bits per heavy atom. The van der Waals surface area contributed by atoms with Crippen molar-refractivity contribution in [1.82, 2.24) is 4.98 Å². The molecule has 1 aromatic carbocycles. The summed E-state index contributed by atoms with van der Waals surface area (Å²) in [6.45, 7) is 8.27. The number of aromatic nitrogens is 1. The van der Waals surface area contributed by atoms with Crippen LogP contribution in [-0.2, 0) is 4.79 Å². The summed E-state index contributed by atoms with van der Waals surface area (Å²) in [6, 6.07) is 14.0. The number of hydrogen-bond acceptors (Lipinski definition) is 2. The molecule has 128 valence electrons. The minimum Gasteiger partial charge on any atom is -0.289 e. The van der Waals surface area contributed by atoms with Crippen LogP contribution in [0.4, 0.5) is 5.82 Å². The highest BCUT2D eigenvalue weighted by Gasteiger charge is 2.28. The van der Waals surface area contributed by atoms with Crippen molar-refractivity contribution in [2.45, 2.75) is 53.0 Å². The lowest BCUT2D eigenvalue weighted by atomic mass is 9.99. The molecule has 2 rings (SSSR count). The van der Waals surface area contributed by atoms with Crippen molar-refractivity contribution in [3.63, 3.8) is 0 Å². The third-order valence-corrected chi connectivity index (χ3v) is 4.53. The quantitative estimate of drug-likeness (QED) is 0.691. The molecule has 0 spiro atoms. The lowest BCUT2D eigenvalue weighted by Gasteiger charge is -2.32. The topological polar surface area (TPSA) is 33.2 Å². The van der Waals surface area contributed by atoms with E-state index in [1.54, 1.807) is 6.20 Å². The fraction of sp³-hybridized carbons (Fsp3) is 0.429. The molecule has 0 fully saturated rings. The van der Waals surface area contributed by atoms with Crippen molar-refractivity contribution < 1.29 is 4.79 Å². The van der Waals surface area contributed by atoms with Crippen LogP contribution < -0.4 is 4.90 Å². The number of hydrogen-bond donors (Lipinski definition) is 0. The van der Waals surface area contributed by atoms with Crippen LogP contribution in [0.2, 0.25) is 0 Å². The van der Waals surface area contributed by atoms with Crippen molar-refractivity contribution in [1.29, 1.82) is 0 Å². The van der Waals surface area contributed by atoms with Gasteiger partial charge >= 0.3 is 0 Å². The molecule has 0 aliphatic rings. The number of carbonyl (C=O) groups excluding carboxylic acids is 1. The molecule has 3 heteroatoms. The fourth-order valence-electron chi connectivity index (χ4n) is 2.96. The average Bonchev–Trinajstić information content (AvgIpc) is 2.62. The minimum atomic E-state index is -0.0450. The van der Waals surface area contributed by atoms with Gasteiger partial charge in [-0.1, -0.05) is 63.1 Å². The summed E-state index contributed by atoms with van der Waals surface area (Å²) in [6.07, 6.45) is 4.85. The van der Waals surface area contributed by atoms with Crippen molar-refractivity contribution in [3.05, 3.63) is 59.8 Å². The number of nitrogens with zero attached hydrogens (tertiary/aromatic N) is 2. The Hall–Kier alpha value is -2.16. The lowest BCUT2D eigenvalue weighted by molar-refractivity contribution is -0.122. The number of rotatable bonds is 7. The predicted molar refractivity (Wildman–Crippen MR) is 100 cm³/mol. The van der Waals surface area contributed by atoms with E-state index in [9.17, 15) is 4.79 Å². The molecular weight excluding hydrogens is 296 g/mol. The van der Waals surface area contributed by atoms with Gasteiger partial charge in [0.1, 0.15) is 5.82 Å². The molecule has 2 unspecified atom stereocenters. The molecule has 0 saturated carbocycles. The summed E-state index contributed by atoms with van der Waals surface area (Å²) < 4.78 is 0. The number of aryl methyl sites for hydroxylation is 1. The van der Waals surface area contributed by atoms with Gasteiger partial charge in [-0.05, 0) is 37.5 Å². The Bertz CT molecular complexity index is 654. The molecule has 0 bridgehead atoms. The van der Waals surface area contributed by atoms with E-state index in [2.05, 4.69) is 31.0 Å². The van der Waals surface area contributed by atoms with Crippen molar-refractivity contribution >= 4 is 11.7 Å². The molecule has 1 amide bonds. The van der Waals surface area contributed by atoms with Gasteiger partial charge in [0.2, 0.25) is 5.91 Å². The second-order valence-corrected chi connectivity index (χ2v) is 6.48. The maximum atomic E-state index is 13.2. The molecule has 0 aliphatic heterocycles. The highest BCUT2D eigenvalue weighted by molar-refractivity contribution is 5.95. The monoisotopic (exact) mass is 324 g/mol. The average molecular weight is 324 g/mol. The second kappa shape index (κ2) is 8.62. The first-order valence-corrected chi connectivity index (χ1v) is 8.85. The summed E-state index contributed by atoms with van der Waals surface area (Å²) in [5.41, 5.74) is 2.15.